The predicted octanol–water partition coefficient (Wildman–Crippen LogP) is 5.00. The van der Waals surface area contributed by atoms with Gasteiger partial charge in [-0.15, -0.1) is 11.3 Å². The molecule has 0 amide bonds. The van der Waals surface area contributed by atoms with Crippen molar-refractivity contribution in [3.05, 3.63) is 53.5 Å². The largest absolute Gasteiger partial charge is 0.485 e. The number of aromatic nitrogens is 1. The van der Waals surface area contributed by atoms with Crippen LogP contribution in [0.3, 0.4) is 0 Å². The molecule has 1 aliphatic heterocycles. The van der Waals surface area contributed by atoms with E-state index in [0.29, 0.717) is 30.4 Å². The second kappa shape index (κ2) is 5.59. The zero-order chi connectivity index (χ0) is 16.7. The number of hydrogen-bond donors (Lipinski definition) is 0. The summed E-state index contributed by atoms with van der Waals surface area (Å²) in [6, 6.07) is 8.85. The number of thiophene rings is 1. The summed E-state index contributed by atoms with van der Waals surface area (Å²) in [7, 11) is 0. The number of halogens is 3. The summed E-state index contributed by atoms with van der Waals surface area (Å²) in [5.41, 5.74) is 0.846. The molecule has 0 saturated heterocycles. The number of nitrogens with zero attached hydrogens (tertiary/aromatic N) is 1. The molecule has 0 saturated carbocycles. The molecule has 0 atom stereocenters. The smallest absolute Gasteiger partial charge is 0.416 e. The lowest BCUT2D eigenvalue weighted by molar-refractivity contribution is -0.137. The molecule has 3 nitrogen and oxygen atoms in total. The Bertz CT molecular complexity index is 865. The lowest BCUT2D eigenvalue weighted by atomic mass is 10.2. The molecule has 0 radical (unpaired) electrons. The van der Waals surface area contributed by atoms with Gasteiger partial charge in [-0.2, -0.15) is 13.2 Å². The minimum atomic E-state index is -4.34. The number of fused-ring (bicyclic) bond motifs is 1. The van der Waals surface area contributed by atoms with Crippen LogP contribution in [-0.2, 0) is 6.18 Å². The Hall–Kier alpha value is -2.41. The minimum Gasteiger partial charge on any atom is -0.485 e. The number of ether oxygens (including phenoxy) is 2. The monoisotopic (exact) mass is 351 g/mol. The molecule has 3 aromatic rings. The number of benzene rings is 1. The molecule has 1 aliphatic rings. The van der Waals surface area contributed by atoms with E-state index in [-0.39, 0.29) is 0 Å². The van der Waals surface area contributed by atoms with E-state index in [1.54, 1.807) is 0 Å². The van der Waals surface area contributed by atoms with E-state index in [4.69, 9.17) is 9.47 Å². The second-order valence-electron chi connectivity index (χ2n) is 5.26. The van der Waals surface area contributed by atoms with Crippen molar-refractivity contribution in [1.82, 2.24) is 4.57 Å². The molecule has 4 rings (SSSR count). The maximum atomic E-state index is 12.7. The van der Waals surface area contributed by atoms with Crippen LogP contribution >= 0.6 is 11.3 Å². The molecule has 0 spiro atoms. The van der Waals surface area contributed by atoms with E-state index in [1.807, 2.05) is 28.3 Å². The number of rotatable bonds is 2. The standard InChI is InChI=1S/C17H12F3NO2S/c18-17(19,20)11-3-5-12(6-4-11)21-7-1-2-13(21)16-15-14(10-24-16)22-8-9-23-15/h1-7,10H,8-9H2. The molecule has 0 aliphatic carbocycles. The van der Waals surface area contributed by atoms with Crippen LogP contribution in [0.25, 0.3) is 16.3 Å². The van der Waals surface area contributed by atoms with Gasteiger partial charge in [-0.3, -0.25) is 0 Å². The van der Waals surface area contributed by atoms with Crippen molar-refractivity contribution in [1.29, 1.82) is 0 Å². The van der Waals surface area contributed by atoms with E-state index >= 15 is 0 Å². The zero-order valence-electron chi connectivity index (χ0n) is 12.3. The fraction of sp³-hybridized carbons (Fsp3) is 0.176. The summed E-state index contributed by atoms with van der Waals surface area (Å²) in [5.74, 6) is 1.40. The highest BCUT2D eigenvalue weighted by Crippen LogP contribution is 2.46. The van der Waals surface area contributed by atoms with Crippen LogP contribution < -0.4 is 9.47 Å². The molecule has 1 aromatic carbocycles. The summed E-state index contributed by atoms with van der Waals surface area (Å²) in [4.78, 5) is 0.898. The molecule has 7 heteroatoms. The van der Waals surface area contributed by atoms with Gasteiger partial charge in [0.1, 0.15) is 13.2 Å². The fourth-order valence-electron chi connectivity index (χ4n) is 2.64. The van der Waals surface area contributed by atoms with Gasteiger partial charge >= 0.3 is 6.18 Å². The van der Waals surface area contributed by atoms with Gasteiger partial charge in [-0.25, -0.2) is 0 Å². The van der Waals surface area contributed by atoms with Gasteiger partial charge in [-0.1, -0.05) is 0 Å². The van der Waals surface area contributed by atoms with Gasteiger partial charge < -0.3 is 14.0 Å². The van der Waals surface area contributed by atoms with Gasteiger partial charge in [0, 0.05) is 17.3 Å². The summed E-state index contributed by atoms with van der Waals surface area (Å²) in [5, 5.41) is 1.88. The topological polar surface area (TPSA) is 23.4 Å². The van der Waals surface area contributed by atoms with Crippen molar-refractivity contribution < 1.29 is 22.6 Å². The van der Waals surface area contributed by atoms with Crippen molar-refractivity contribution in [2.75, 3.05) is 13.2 Å². The van der Waals surface area contributed by atoms with E-state index in [1.165, 1.54) is 23.5 Å². The summed E-state index contributed by atoms with van der Waals surface area (Å²) in [6.45, 7) is 1.00. The predicted molar refractivity (Wildman–Crippen MR) is 85.1 cm³/mol. The Kier molecular flexibility index (Phi) is 3.53. The van der Waals surface area contributed by atoms with Gasteiger partial charge in [0.2, 0.25) is 0 Å². The zero-order valence-corrected chi connectivity index (χ0v) is 13.2. The molecule has 0 unspecified atom stereocenters. The quantitative estimate of drug-likeness (QED) is 0.649. The number of hydrogen-bond acceptors (Lipinski definition) is 3. The van der Waals surface area contributed by atoms with Gasteiger partial charge in [0.15, 0.2) is 11.5 Å². The highest BCUT2D eigenvalue weighted by Gasteiger charge is 2.30. The van der Waals surface area contributed by atoms with Crippen molar-refractivity contribution in [3.8, 4) is 27.8 Å². The van der Waals surface area contributed by atoms with Gasteiger partial charge in [-0.05, 0) is 36.4 Å². The van der Waals surface area contributed by atoms with Crippen LogP contribution in [0.4, 0.5) is 13.2 Å². The first-order chi connectivity index (χ1) is 11.5. The highest BCUT2D eigenvalue weighted by atomic mass is 32.1. The molecular weight excluding hydrogens is 339 g/mol. The molecule has 2 aromatic heterocycles. The molecular formula is C17H12F3NO2S. The summed E-state index contributed by atoms with van der Waals surface area (Å²) >= 11 is 1.49. The number of alkyl halides is 3. The van der Waals surface area contributed by atoms with Crippen molar-refractivity contribution >= 4 is 11.3 Å². The van der Waals surface area contributed by atoms with Crippen LogP contribution in [0.2, 0.25) is 0 Å². The molecule has 0 bridgehead atoms. The second-order valence-corrected chi connectivity index (χ2v) is 6.14. The maximum Gasteiger partial charge on any atom is 0.416 e. The third-order valence-electron chi connectivity index (χ3n) is 3.76. The highest BCUT2D eigenvalue weighted by molar-refractivity contribution is 7.14. The Morgan fingerprint density at radius 1 is 1.00 bits per heavy atom. The van der Waals surface area contributed by atoms with Crippen molar-refractivity contribution in [2.45, 2.75) is 6.18 Å². The van der Waals surface area contributed by atoms with Crippen LogP contribution in [0.1, 0.15) is 5.56 Å². The maximum absolute atomic E-state index is 12.7. The van der Waals surface area contributed by atoms with Crippen LogP contribution in [0.5, 0.6) is 11.5 Å². The first-order valence-corrected chi connectivity index (χ1v) is 8.14. The van der Waals surface area contributed by atoms with Crippen LogP contribution in [-0.4, -0.2) is 17.8 Å². The van der Waals surface area contributed by atoms with E-state index in [2.05, 4.69) is 0 Å². The van der Waals surface area contributed by atoms with Crippen LogP contribution in [0, 0.1) is 0 Å². The Balaban J connectivity index is 1.74. The fourth-order valence-corrected chi connectivity index (χ4v) is 3.60. The van der Waals surface area contributed by atoms with Crippen molar-refractivity contribution in [3.63, 3.8) is 0 Å². The first kappa shape index (κ1) is 15.1. The Labute approximate surface area is 139 Å². The van der Waals surface area contributed by atoms with Crippen LogP contribution in [0.15, 0.2) is 48.0 Å². The van der Waals surface area contributed by atoms with Crippen molar-refractivity contribution in [2.24, 2.45) is 0 Å². The minimum absolute atomic E-state index is 0.484. The summed E-state index contributed by atoms with van der Waals surface area (Å²) < 4.78 is 51.2. The Morgan fingerprint density at radius 2 is 1.75 bits per heavy atom. The molecule has 0 fully saturated rings. The average molecular weight is 351 g/mol. The van der Waals surface area contributed by atoms with E-state index in [9.17, 15) is 13.2 Å². The molecule has 0 N–H and O–H groups in total. The Morgan fingerprint density at radius 3 is 2.50 bits per heavy atom. The first-order valence-electron chi connectivity index (χ1n) is 7.26. The lowest BCUT2D eigenvalue weighted by Gasteiger charge is -2.17. The van der Waals surface area contributed by atoms with Gasteiger partial charge in [0.25, 0.3) is 0 Å². The average Bonchev–Trinajstić information content (AvgIpc) is 3.20. The summed E-state index contributed by atoms with van der Waals surface area (Å²) in [6.07, 6.45) is -2.52. The molecule has 3 heterocycles. The van der Waals surface area contributed by atoms with E-state index < -0.39 is 11.7 Å². The third-order valence-corrected chi connectivity index (χ3v) is 4.72. The normalized spacial score (nSPS) is 14.0. The molecule has 24 heavy (non-hydrogen) atoms. The SMILES string of the molecule is FC(F)(F)c1ccc(-n2cccc2-c2scc3c2OCCO3)cc1. The third kappa shape index (κ3) is 2.54. The lowest BCUT2D eigenvalue weighted by Crippen LogP contribution is -2.14. The van der Waals surface area contributed by atoms with Gasteiger partial charge in [0.05, 0.1) is 16.1 Å². The molecule has 124 valence electrons. The van der Waals surface area contributed by atoms with E-state index in [0.717, 1.165) is 22.7 Å².